The molecule has 0 fully saturated rings. The van der Waals surface area contributed by atoms with E-state index >= 15 is 0 Å². The molecule has 158 valence electrons. The molecular formula is C26H32N2O2. The fourth-order valence-corrected chi connectivity index (χ4v) is 3.26. The van der Waals surface area contributed by atoms with Crippen LogP contribution in [0.2, 0.25) is 0 Å². The number of benzene rings is 2. The van der Waals surface area contributed by atoms with Crippen molar-refractivity contribution in [3.8, 4) is 11.8 Å². The Balaban J connectivity index is 2.54. The van der Waals surface area contributed by atoms with Gasteiger partial charge in [-0.15, -0.1) is 0 Å². The summed E-state index contributed by atoms with van der Waals surface area (Å²) in [5, 5.41) is 23.4. The number of rotatable bonds is 3. The first kappa shape index (κ1) is 23.2. The number of nitrogens with zero attached hydrogens (tertiary/aromatic N) is 1. The molecule has 0 aromatic heterocycles. The fraction of sp³-hybridized carbons (Fsp3) is 0.385. The van der Waals surface area contributed by atoms with Crippen LogP contribution >= 0.6 is 0 Å². The second-order valence-corrected chi connectivity index (χ2v) is 9.91. The number of hydrogen-bond acceptors (Lipinski definition) is 3. The van der Waals surface area contributed by atoms with Gasteiger partial charge in [0.1, 0.15) is 17.4 Å². The lowest BCUT2D eigenvalue weighted by Crippen LogP contribution is -2.18. The minimum atomic E-state index is -0.450. The van der Waals surface area contributed by atoms with E-state index in [0.717, 1.165) is 27.8 Å². The number of aryl methyl sites for hydroxylation is 2. The number of nitriles is 1. The molecule has 30 heavy (non-hydrogen) atoms. The molecule has 0 unspecified atom stereocenters. The minimum absolute atomic E-state index is 0.0151. The Hall–Kier alpha value is -3.06. The van der Waals surface area contributed by atoms with Crippen LogP contribution in [0.5, 0.6) is 5.75 Å². The molecule has 0 atom stereocenters. The van der Waals surface area contributed by atoms with Gasteiger partial charge in [-0.25, -0.2) is 0 Å². The number of phenolic OH excluding ortho intramolecular Hbond substituents is 1. The Labute approximate surface area is 180 Å². The highest BCUT2D eigenvalue weighted by atomic mass is 16.3. The summed E-state index contributed by atoms with van der Waals surface area (Å²) in [5.41, 5.74) is 4.38. The number of nitrogens with one attached hydrogen (secondary N) is 1. The van der Waals surface area contributed by atoms with E-state index in [1.54, 1.807) is 6.08 Å². The van der Waals surface area contributed by atoms with E-state index in [4.69, 9.17) is 0 Å². The zero-order valence-corrected chi connectivity index (χ0v) is 19.3. The predicted octanol–water partition coefficient (Wildman–Crippen LogP) is 6.15. The largest absolute Gasteiger partial charge is 0.507 e. The highest BCUT2D eigenvalue weighted by Gasteiger charge is 2.26. The Morgan fingerprint density at radius 1 is 1.00 bits per heavy atom. The second-order valence-electron chi connectivity index (χ2n) is 9.91. The monoisotopic (exact) mass is 404 g/mol. The molecule has 0 aliphatic rings. The standard InChI is InChI=1S/C26H32N2O2/c1-16-9-10-17(2)22(11-16)28-24(30)19(15-27)12-18-13-20(25(3,4)5)23(29)21(14-18)26(6,7)8/h9-14,29H,1-8H3,(H,28,30)/b19-12+. The summed E-state index contributed by atoms with van der Waals surface area (Å²) in [5.74, 6) is -0.181. The van der Waals surface area contributed by atoms with Gasteiger partial charge in [0.2, 0.25) is 0 Å². The average molecular weight is 405 g/mol. The minimum Gasteiger partial charge on any atom is -0.507 e. The third-order valence-electron chi connectivity index (χ3n) is 5.07. The number of anilines is 1. The number of hydrogen-bond donors (Lipinski definition) is 2. The molecule has 2 aromatic rings. The van der Waals surface area contributed by atoms with Crippen molar-refractivity contribution in [3.63, 3.8) is 0 Å². The van der Waals surface area contributed by atoms with Crippen molar-refractivity contribution in [1.29, 1.82) is 5.26 Å². The van der Waals surface area contributed by atoms with E-state index in [2.05, 4.69) is 5.32 Å². The Bertz CT molecular complexity index is 1010. The van der Waals surface area contributed by atoms with Crippen molar-refractivity contribution in [1.82, 2.24) is 0 Å². The number of carbonyl (C=O) groups is 1. The van der Waals surface area contributed by atoms with Gasteiger partial charge in [0.05, 0.1) is 0 Å². The van der Waals surface area contributed by atoms with Gasteiger partial charge in [0.25, 0.3) is 5.91 Å². The zero-order valence-electron chi connectivity index (χ0n) is 19.3. The van der Waals surface area contributed by atoms with Crippen LogP contribution in [0.25, 0.3) is 6.08 Å². The fourth-order valence-electron chi connectivity index (χ4n) is 3.26. The third-order valence-corrected chi connectivity index (χ3v) is 5.07. The Morgan fingerprint density at radius 2 is 1.53 bits per heavy atom. The first-order valence-corrected chi connectivity index (χ1v) is 10.1. The molecule has 0 aliphatic carbocycles. The van der Waals surface area contributed by atoms with E-state index < -0.39 is 5.91 Å². The molecule has 0 saturated heterocycles. The number of phenols is 1. The first-order chi connectivity index (χ1) is 13.7. The van der Waals surface area contributed by atoms with E-state index in [1.807, 2.05) is 91.8 Å². The highest BCUT2D eigenvalue weighted by molar-refractivity contribution is 6.10. The average Bonchev–Trinajstić information content (AvgIpc) is 2.61. The van der Waals surface area contributed by atoms with Crippen LogP contribution < -0.4 is 5.32 Å². The summed E-state index contributed by atoms with van der Waals surface area (Å²) in [6.07, 6.45) is 1.59. The van der Waals surface area contributed by atoms with Crippen LogP contribution in [0.4, 0.5) is 5.69 Å². The molecule has 0 radical (unpaired) electrons. The van der Waals surface area contributed by atoms with Crippen LogP contribution in [-0.4, -0.2) is 11.0 Å². The van der Waals surface area contributed by atoms with Gasteiger partial charge < -0.3 is 10.4 Å². The van der Waals surface area contributed by atoms with Gasteiger partial charge in [-0.05, 0) is 65.6 Å². The van der Waals surface area contributed by atoms with Gasteiger partial charge >= 0.3 is 0 Å². The van der Waals surface area contributed by atoms with Gasteiger partial charge in [-0.3, -0.25) is 4.79 Å². The van der Waals surface area contributed by atoms with Crippen LogP contribution in [0.3, 0.4) is 0 Å². The summed E-state index contributed by atoms with van der Waals surface area (Å²) >= 11 is 0. The molecular weight excluding hydrogens is 372 g/mol. The quantitative estimate of drug-likeness (QED) is 0.476. The Kier molecular flexibility index (Phi) is 6.47. The van der Waals surface area contributed by atoms with Gasteiger partial charge in [-0.2, -0.15) is 5.26 Å². The van der Waals surface area contributed by atoms with Crippen LogP contribution in [-0.2, 0) is 15.6 Å². The highest BCUT2D eigenvalue weighted by Crippen LogP contribution is 2.40. The van der Waals surface area contributed by atoms with Gasteiger partial charge in [-0.1, -0.05) is 53.7 Å². The lowest BCUT2D eigenvalue weighted by atomic mass is 9.78. The third kappa shape index (κ3) is 5.30. The van der Waals surface area contributed by atoms with E-state index in [0.29, 0.717) is 5.69 Å². The number of aromatic hydroxyl groups is 1. The van der Waals surface area contributed by atoms with Crippen LogP contribution in [0, 0.1) is 25.2 Å². The molecule has 1 amide bonds. The van der Waals surface area contributed by atoms with Crippen molar-refractivity contribution >= 4 is 17.7 Å². The van der Waals surface area contributed by atoms with Crippen LogP contribution in [0.1, 0.15) is 69.4 Å². The van der Waals surface area contributed by atoms with Crippen molar-refractivity contribution in [2.45, 2.75) is 66.2 Å². The topological polar surface area (TPSA) is 73.1 Å². The number of carbonyl (C=O) groups excluding carboxylic acids is 1. The summed E-state index contributed by atoms with van der Waals surface area (Å²) in [7, 11) is 0. The van der Waals surface area contributed by atoms with Crippen LogP contribution in [0.15, 0.2) is 35.9 Å². The van der Waals surface area contributed by atoms with Gasteiger partial charge in [0.15, 0.2) is 0 Å². The summed E-state index contributed by atoms with van der Waals surface area (Å²) < 4.78 is 0. The maximum absolute atomic E-state index is 12.8. The molecule has 2 rings (SSSR count). The summed E-state index contributed by atoms with van der Waals surface area (Å²) in [6.45, 7) is 16.0. The second kappa shape index (κ2) is 8.36. The normalized spacial score (nSPS) is 12.4. The molecule has 0 aliphatic heterocycles. The van der Waals surface area contributed by atoms with E-state index in [1.165, 1.54) is 0 Å². The summed E-state index contributed by atoms with van der Waals surface area (Å²) in [6, 6.07) is 11.5. The number of amides is 1. The molecule has 0 bridgehead atoms. The SMILES string of the molecule is Cc1ccc(C)c(NC(=O)/C(C#N)=C/c2cc(C(C)(C)C)c(O)c(C(C)(C)C)c2)c1. The molecule has 4 nitrogen and oxygen atoms in total. The zero-order chi connectivity index (χ0) is 22.9. The molecule has 2 N–H and O–H groups in total. The molecule has 0 heterocycles. The van der Waals surface area contributed by atoms with Crippen molar-refractivity contribution in [3.05, 3.63) is 63.7 Å². The van der Waals surface area contributed by atoms with Crippen molar-refractivity contribution in [2.75, 3.05) is 5.32 Å². The van der Waals surface area contributed by atoms with Crippen molar-refractivity contribution in [2.24, 2.45) is 0 Å². The van der Waals surface area contributed by atoms with Crippen molar-refractivity contribution < 1.29 is 9.90 Å². The molecule has 2 aromatic carbocycles. The Morgan fingerprint density at radius 3 is 2.00 bits per heavy atom. The smallest absolute Gasteiger partial charge is 0.266 e. The maximum Gasteiger partial charge on any atom is 0.266 e. The lowest BCUT2D eigenvalue weighted by Gasteiger charge is -2.28. The predicted molar refractivity (Wildman–Crippen MR) is 124 cm³/mol. The lowest BCUT2D eigenvalue weighted by molar-refractivity contribution is -0.112. The van der Waals surface area contributed by atoms with E-state index in [9.17, 15) is 15.2 Å². The molecule has 0 spiro atoms. The van der Waals surface area contributed by atoms with E-state index in [-0.39, 0.29) is 22.2 Å². The molecule has 4 heteroatoms. The first-order valence-electron chi connectivity index (χ1n) is 10.1. The maximum atomic E-state index is 12.8. The summed E-state index contributed by atoms with van der Waals surface area (Å²) in [4.78, 5) is 12.8. The molecule has 0 saturated carbocycles. The van der Waals surface area contributed by atoms with Gasteiger partial charge in [0, 0.05) is 16.8 Å².